The Bertz CT molecular complexity index is 1130. The summed E-state index contributed by atoms with van der Waals surface area (Å²) in [6, 6.07) is 14.5. The Kier molecular flexibility index (Phi) is 6.05. The average Bonchev–Trinajstić information content (AvgIpc) is 3.17. The number of benzene rings is 2. The highest BCUT2D eigenvalue weighted by atomic mass is 32.2. The molecule has 0 aliphatic heterocycles. The Morgan fingerprint density at radius 1 is 1.00 bits per heavy atom. The molecule has 1 aromatic heterocycles. The van der Waals surface area contributed by atoms with Crippen LogP contribution in [0.5, 0.6) is 0 Å². The van der Waals surface area contributed by atoms with Crippen molar-refractivity contribution in [3.05, 3.63) is 83.6 Å². The molecule has 0 bridgehead atoms. The topological polar surface area (TPSA) is 130 Å². The molecule has 0 saturated carbocycles. The first-order valence-electron chi connectivity index (χ1n) is 8.51. The molecule has 29 heavy (non-hydrogen) atoms. The smallest absolute Gasteiger partial charge is 0.291 e. The maximum atomic E-state index is 12.5. The highest BCUT2D eigenvalue weighted by Crippen LogP contribution is 2.12. The first kappa shape index (κ1) is 20.2. The summed E-state index contributed by atoms with van der Waals surface area (Å²) in [5, 5.41) is 0. The Labute approximate surface area is 167 Å². The minimum absolute atomic E-state index is 0.00393. The lowest BCUT2D eigenvalue weighted by atomic mass is 10.2. The normalized spacial score (nSPS) is 11.1. The van der Waals surface area contributed by atoms with E-state index >= 15 is 0 Å². The Morgan fingerprint density at radius 2 is 1.72 bits per heavy atom. The van der Waals surface area contributed by atoms with Gasteiger partial charge < -0.3 is 4.42 Å². The molecule has 3 aromatic rings. The number of amides is 2. The molecule has 0 radical (unpaired) electrons. The molecule has 150 valence electrons. The van der Waals surface area contributed by atoms with Crippen LogP contribution >= 0.6 is 0 Å². The highest BCUT2D eigenvalue weighted by Gasteiger charge is 2.17. The van der Waals surface area contributed by atoms with E-state index in [1.807, 2.05) is 18.2 Å². The standard InChI is InChI=1S/C19H18N4O5S/c1-13-21-17(12-28-13)19(25)23-22-18(24)15-8-5-9-16(10-15)29(26,27)20-11-14-6-3-2-4-7-14/h2-10,12,20H,11H2,1H3,(H,22,24)(H,23,25). The molecule has 3 N–H and O–H groups in total. The number of hydrazine groups is 1. The lowest BCUT2D eigenvalue weighted by Gasteiger charge is -2.09. The number of hydrogen-bond acceptors (Lipinski definition) is 6. The maximum Gasteiger partial charge on any atom is 0.291 e. The van der Waals surface area contributed by atoms with Crippen molar-refractivity contribution in [2.24, 2.45) is 0 Å². The van der Waals surface area contributed by atoms with Crippen LogP contribution in [0, 0.1) is 6.92 Å². The van der Waals surface area contributed by atoms with E-state index < -0.39 is 21.8 Å². The molecular weight excluding hydrogens is 396 g/mol. The number of oxazole rings is 1. The molecule has 0 aliphatic carbocycles. The summed E-state index contributed by atoms with van der Waals surface area (Å²) in [5.74, 6) is -1.04. The van der Waals surface area contributed by atoms with Crippen molar-refractivity contribution < 1.29 is 22.4 Å². The molecule has 0 fully saturated rings. The van der Waals surface area contributed by atoms with Gasteiger partial charge in [0.1, 0.15) is 6.26 Å². The van der Waals surface area contributed by atoms with Crippen LogP contribution in [0.3, 0.4) is 0 Å². The van der Waals surface area contributed by atoms with E-state index in [0.29, 0.717) is 5.89 Å². The summed E-state index contributed by atoms with van der Waals surface area (Å²) in [6.07, 6.45) is 1.16. The number of sulfonamides is 1. The van der Waals surface area contributed by atoms with Crippen LogP contribution in [0.2, 0.25) is 0 Å². The third kappa shape index (κ3) is 5.27. The van der Waals surface area contributed by atoms with E-state index in [1.165, 1.54) is 24.3 Å². The van der Waals surface area contributed by atoms with E-state index in [1.54, 1.807) is 19.1 Å². The van der Waals surface area contributed by atoms with Crippen LogP contribution in [0.4, 0.5) is 0 Å². The molecule has 0 spiro atoms. The number of nitrogens with one attached hydrogen (secondary N) is 3. The second-order valence-electron chi connectivity index (χ2n) is 6.00. The minimum atomic E-state index is -3.83. The van der Waals surface area contributed by atoms with Gasteiger partial charge in [0.15, 0.2) is 11.6 Å². The zero-order chi connectivity index (χ0) is 20.9. The van der Waals surface area contributed by atoms with Gasteiger partial charge >= 0.3 is 0 Å². The van der Waals surface area contributed by atoms with Gasteiger partial charge in [-0.2, -0.15) is 0 Å². The monoisotopic (exact) mass is 414 g/mol. The molecular formula is C19H18N4O5S. The fourth-order valence-electron chi connectivity index (χ4n) is 2.38. The number of hydrogen-bond donors (Lipinski definition) is 3. The van der Waals surface area contributed by atoms with E-state index in [9.17, 15) is 18.0 Å². The Hall–Kier alpha value is -3.50. The van der Waals surface area contributed by atoms with Crippen LogP contribution in [0.1, 0.15) is 32.3 Å². The fourth-order valence-corrected chi connectivity index (χ4v) is 3.44. The first-order valence-corrected chi connectivity index (χ1v) is 10.00. The van der Waals surface area contributed by atoms with Gasteiger partial charge in [-0.15, -0.1) is 0 Å². The van der Waals surface area contributed by atoms with Crippen LogP contribution < -0.4 is 15.6 Å². The molecule has 0 aliphatic rings. The van der Waals surface area contributed by atoms with E-state index in [0.717, 1.165) is 11.8 Å². The number of rotatable bonds is 6. The average molecular weight is 414 g/mol. The summed E-state index contributed by atoms with van der Waals surface area (Å²) >= 11 is 0. The van der Waals surface area contributed by atoms with E-state index in [2.05, 4.69) is 20.6 Å². The van der Waals surface area contributed by atoms with E-state index in [-0.39, 0.29) is 22.7 Å². The predicted octanol–water partition coefficient (Wildman–Crippen LogP) is 1.54. The van der Waals surface area contributed by atoms with Crippen molar-refractivity contribution in [2.75, 3.05) is 0 Å². The number of aromatic nitrogens is 1. The second kappa shape index (κ2) is 8.67. The lowest BCUT2D eigenvalue weighted by Crippen LogP contribution is -2.41. The minimum Gasteiger partial charge on any atom is -0.448 e. The maximum absolute atomic E-state index is 12.5. The van der Waals surface area contributed by atoms with Crippen LogP contribution in [0.25, 0.3) is 0 Å². The Balaban J connectivity index is 1.64. The molecule has 0 atom stereocenters. The zero-order valence-electron chi connectivity index (χ0n) is 15.4. The van der Waals surface area contributed by atoms with Gasteiger partial charge in [0.25, 0.3) is 11.8 Å². The zero-order valence-corrected chi connectivity index (χ0v) is 16.2. The summed E-state index contributed by atoms with van der Waals surface area (Å²) in [6.45, 7) is 1.69. The van der Waals surface area contributed by atoms with Crippen molar-refractivity contribution in [3.8, 4) is 0 Å². The molecule has 2 aromatic carbocycles. The second-order valence-corrected chi connectivity index (χ2v) is 7.76. The van der Waals surface area contributed by atoms with Gasteiger partial charge in [-0.25, -0.2) is 18.1 Å². The molecule has 1 heterocycles. The van der Waals surface area contributed by atoms with Crippen molar-refractivity contribution in [1.29, 1.82) is 0 Å². The first-order chi connectivity index (χ1) is 13.8. The summed E-state index contributed by atoms with van der Waals surface area (Å²) in [7, 11) is -3.83. The highest BCUT2D eigenvalue weighted by molar-refractivity contribution is 7.89. The third-order valence-electron chi connectivity index (χ3n) is 3.86. The largest absolute Gasteiger partial charge is 0.448 e. The Morgan fingerprint density at radius 3 is 2.41 bits per heavy atom. The molecule has 0 saturated heterocycles. The van der Waals surface area contributed by atoms with Gasteiger partial charge in [-0.1, -0.05) is 36.4 Å². The summed E-state index contributed by atoms with van der Waals surface area (Å²) < 4.78 is 32.4. The summed E-state index contributed by atoms with van der Waals surface area (Å²) in [4.78, 5) is 27.9. The van der Waals surface area contributed by atoms with Crippen LogP contribution in [-0.4, -0.2) is 25.2 Å². The fraction of sp³-hybridized carbons (Fsp3) is 0.105. The number of carbonyl (C=O) groups is 2. The van der Waals surface area contributed by atoms with Crippen molar-refractivity contribution >= 4 is 21.8 Å². The third-order valence-corrected chi connectivity index (χ3v) is 5.26. The van der Waals surface area contributed by atoms with Gasteiger partial charge in [0.05, 0.1) is 4.90 Å². The van der Waals surface area contributed by atoms with Crippen molar-refractivity contribution in [2.45, 2.75) is 18.4 Å². The van der Waals surface area contributed by atoms with Gasteiger partial charge in [-0.05, 0) is 23.8 Å². The number of nitrogens with zero attached hydrogens (tertiary/aromatic N) is 1. The van der Waals surface area contributed by atoms with E-state index in [4.69, 9.17) is 4.42 Å². The van der Waals surface area contributed by atoms with Gasteiger partial charge in [-0.3, -0.25) is 20.4 Å². The molecule has 2 amide bonds. The van der Waals surface area contributed by atoms with Crippen molar-refractivity contribution in [1.82, 2.24) is 20.6 Å². The molecule has 3 rings (SSSR count). The summed E-state index contributed by atoms with van der Waals surface area (Å²) in [5.41, 5.74) is 5.26. The predicted molar refractivity (Wildman–Crippen MR) is 103 cm³/mol. The van der Waals surface area contributed by atoms with Crippen LogP contribution in [0.15, 0.2) is 70.2 Å². The van der Waals surface area contributed by atoms with Crippen molar-refractivity contribution in [3.63, 3.8) is 0 Å². The SMILES string of the molecule is Cc1nc(C(=O)NNC(=O)c2cccc(S(=O)(=O)NCc3ccccc3)c2)co1. The number of carbonyl (C=O) groups excluding carboxylic acids is 2. The number of aryl methyl sites for hydroxylation is 1. The van der Waals surface area contributed by atoms with Gasteiger partial charge in [0, 0.05) is 19.0 Å². The van der Waals surface area contributed by atoms with Crippen LogP contribution in [-0.2, 0) is 16.6 Å². The quantitative estimate of drug-likeness (QED) is 0.525. The molecule has 10 heteroatoms. The lowest BCUT2D eigenvalue weighted by molar-refractivity contribution is 0.0843. The molecule has 0 unspecified atom stereocenters. The van der Waals surface area contributed by atoms with Gasteiger partial charge in [0.2, 0.25) is 10.0 Å². The molecule has 9 nitrogen and oxygen atoms in total.